The molecule has 17 heavy (non-hydrogen) atoms. The van der Waals surface area contributed by atoms with E-state index in [0.717, 1.165) is 11.3 Å². The number of β-amino-alcohol motifs (C(OH)–C–C–N with tert-alkyl or cyclic N) is 1. The number of hydrogen-bond acceptors (Lipinski definition) is 6. The van der Waals surface area contributed by atoms with Gasteiger partial charge in [0.05, 0.1) is 9.80 Å². The van der Waals surface area contributed by atoms with Crippen LogP contribution in [0.15, 0.2) is 12.1 Å². The van der Waals surface area contributed by atoms with Crippen LogP contribution in [0.3, 0.4) is 0 Å². The molecule has 0 aliphatic carbocycles. The molecule has 2 rings (SSSR count). The molecule has 1 amide bonds. The smallest absolute Gasteiger partial charge is 0.324 e. The predicted molar refractivity (Wildman–Crippen MR) is 61.1 cm³/mol. The van der Waals surface area contributed by atoms with Gasteiger partial charge in [0.2, 0.25) is 0 Å². The summed E-state index contributed by atoms with van der Waals surface area (Å²) >= 11 is 0.817. The maximum atomic E-state index is 11.6. The van der Waals surface area contributed by atoms with Crippen molar-refractivity contribution in [3.63, 3.8) is 0 Å². The number of rotatable bonds is 4. The van der Waals surface area contributed by atoms with E-state index in [0.29, 0.717) is 13.1 Å². The third kappa shape index (κ3) is 2.60. The van der Waals surface area contributed by atoms with E-state index in [1.807, 2.05) is 0 Å². The summed E-state index contributed by atoms with van der Waals surface area (Å²) in [5, 5.41) is 25.5. The van der Waals surface area contributed by atoms with Gasteiger partial charge in [-0.2, -0.15) is 0 Å². The third-order valence-electron chi connectivity index (χ3n) is 2.48. The number of nitrogens with one attached hydrogen (secondary N) is 2. The van der Waals surface area contributed by atoms with Crippen molar-refractivity contribution in [3.8, 4) is 0 Å². The first-order valence-corrected chi connectivity index (χ1v) is 5.77. The summed E-state index contributed by atoms with van der Waals surface area (Å²) in [5.41, 5.74) is -0.890. The van der Waals surface area contributed by atoms with Gasteiger partial charge in [-0.15, -0.1) is 0 Å². The van der Waals surface area contributed by atoms with Crippen molar-refractivity contribution < 1.29 is 14.8 Å². The number of nitro groups is 1. The van der Waals surface area contributed by atoms with Gasteiger partial charge in [-0.05, 0) is 6.07 Å². The molecule has 0 bridgehead atoms. The average Bonchev–Trinajstić information content (AvgIpc) is 2.72. The molecule has 1 fully saturated rings. The van der Waals surface area contributed by atoms with E-state index in [2.05, 4.69) is 10.6 Å². The van der Waals surface area contributed by atoms with Gasteiger partial charge in [-0.1, -0.05) is 11.3 Å². The molecule has 0 radical (unpaired) electrons. The molecule has 1 aromatic heterocycles. The van der Waals surface area contributed by atoms with Crippen LogP contribution in [-0.2, 0) is 0 Å². The first kappa shape index (κ1) is 12.0. The van der Waals surface area contributed by atoms with Crippen molar-refractivity contribution in [1.82, 2.24) is 10.6 Å². The minimum absolute atomic E-state index is 0.0702. The largest absolute Gasteiger partial charge is 0.385 e. The van der Waals surface area contributed by atoms with E-state index < -0.39 is 16.4 Å². The third-order valence-corrected chi connectivity index (χ3v) is 3.52. The van der Waals surface area contributed by atoms with Crippen LogP contribution in [0.5, 0.6) is 0 Å². The highest BCUT2D eigenvalue weighted by Gasteiger charge is 2.34. The number of amides is 1. The lowest BCUT2D eigenvalue weighted by atomic mass is 9.97. The lowest BCUT2D eigenvalue weighted by molar-refractivity contribution is -0.380. The monoisotopic (exact) mass is 257 g/mol. The van der Waals surface area contributed by atoms with Crippen molar-refractivity contribution in [1.29, 1.82) is 0 Å². The van der Waals surface area contributed by atoms with Gasteiger partial charge in [-0.25, -0.2) is 0 Å². The van der Waals surface area contributed by atoms with E-state index in [1.54, 1.807) is 0 Å². The Morgan fingerprint density at radius 3 is 2.82 bits per heavy atom. The number of thiophene rings is 1. The van der Waals surface area contributed by atoms with Crippen molar-refractivity contribution in [2.24, 2.45) is 0 Å². The molecule has 8 heteroatoms. The Bertz CT molecular complexity index is 455. The van der Waals surface area contributed by atoms with Crippen molar-refractivity contribution in [2.45, 2.75) is 5.60 Å². The number of aliphatic hydroxyl groups is 1. The lowest BCUT2D eigenvalue weighted by Gasteiger charge is -2.37. The summed E-state index contributed by atoms with van der Waals surface area (Å²) in [7, 11) is 0. The standard InChI is InChI=1S/C9H11N3O4S/c13-8(11-5-9(14)3-10-4-9)6-1-2-7(17-6)12(15)16/h1-2,10,14H,3-5H2,(H,11,13). The van der Waals surface area contributed by atoms with Gasteiger partial charge in [0.15, 0.2) is 0 Å². The highest BCUT2D eigenvalue weighted by Crippen LogP contribution is 2.23. The normalized spacial score (nSPS) is 17.2. The average molecular weight is 257 g/mol. The zero-order valence-corrected chi connectivity index (χ0v) is 9.62. The fourth-order valence-electron chi connectivity index (χ4n) is 1.42. The van der Waals surface area contributed by atoms with Crippen LogP contribution >= 0.6 is 11.3 Å². The number of nitrogens with zero attached hydrogens (tertiary/aromatic N) is 1. The van der Waals surface area contributed by atoms with Crippen molar-refractivity contribution >= 4 is 22.2 Å². The van der Waals surface area contributed by atoms with Crippen molar-refractivity contribution in [3.05, 3.63) is 27.1 Å². The van der Waals surface area contributed by atoms with Gasteiger partial charge in [0, 0.05) is 25.7 Å². The molecule has 1 saturated heterocycles. The molecule has 0 atom stereocenters. The van der Waals surface area contributed by atoms with E-state index in [9.17, 15) is 20.0 Å². The SMILES string of the molecule is O=C(NCC1(O)CNC1)c1ccc([N+](=O)[O-])s1. The summed E-state index contributed by atoms with van der Waals surface area (Å²) < 4.78 is 0. The second-order valence-electron chi connectivity index (χ2n) is 3.91. The molecule has 0 unspecified atom stereocenters. The summed E-state index contributed by atoms with van der Waals surface area (Å²) in [6, 6.07) is 2.69. The Morgan fingerprint density at radius 2 is 2.35 bits per heavy atom. The summed E-state index contributed by atoms with van der Waals surface area (Å²) in [5.74, 6) is -0.400. The van der Waals surface area contributed by atoms with E-state index >= 15 is 0 Å². The molecule has 3 N–H and O–H groups in total. The molecule has 1 aliphatic rings. The molecule has 0 spiro atoms. The first-order valence-electron chi connectivity index (χ1n) is 4.96. The molecule has 0 aromatic carbocycles. The molecular weight excluding hydrogens is 246 g/mol. The van der Waals surface area contributed by atoms with Crippen LogP contribution in [-0.4, -0.2) is 41.2 Å². The molecule has 2 heterocycles. The molecule has 1 aromatic rings. The fourth-order valence-corrected chi connectivity index (χ4v) is 2.16. The molecular formula is C9H11N3O4S. The second kappa shape index (κ2) is 4.40. The maximum Gasteiger partial charge on any atom is 0.324 e. The Balaban J connectivity index is 1.92. The van der Waals surface area contributed by atoms with Crippen LogP contribution in [0.1, 0.15) is 9.67 Å². The van der Waals surface area contributed by atoms with Gasteiger partial charge < -0.3 is 15.7 Å². The topological polar surface area (TPSA) is 104 Å². The van der Waals surface area contributed by atoms with E-state index in [4.69, 9.17) is 0 Å². The van der Waals surface area contributed by atoms with Gasteiger partial charge in [0.25, 0.3) is 5.91 Å². The minimum Gasteiger partial charge on any atom is -0.385 e. The van der Waals surface area contributed by atoms with Gasteiger partial charge in [-0.3, -0.25) is 14.9 Å². The Hall–Kier alpha value is -1.51. The quantitative estimate of drug-likeness (QED) is 0.508. The van der Waals surface area contributed by atoms with Gasteiger partial charge >= 0.3 is 5.00 Å². The Morgan fingerprint density at radius 1 is 1.65 bits per heavy atom. The highest BCUT2D eigenvalue weighted by atomic mass is 32.1. The van der Waals surface area contributed by atoms with E-state index in [1.165, 1.54) is 12.1 Å². The van der Waals surface area contributed by atoms with Gasteiger partial charge in [0.1, 0.15) is 5.60 Å². The number of carbonyl (C=O) groups excluding carboxylic acids is 1. The summed E-state index contributed by atoms with van der Waals surface area (Å²) in [6.07, 6.45) is 0. The second-order valence-corrected chi connectivity index (χ2v) is 4.97. The van der Waals surface area contributed by atoms with E-state index in [-0.39, 0.29) is 16.4 Å². The fraction of sp³-hybridized carbons (Fsp3) is 0.444. The highest BCUT2D eigenvalue weighted by molar-refractivity contribution is 7.17. The molecule has 0 saturated carbocycles. The number of carbonyl (C=O) groups is 1. The Labute approximate surface area is 101 Å². The molecule has 92 valence electrons. The lowest BCUT2D eigenvalue weighted by Crippen LogP contribution is -2.64. The van der Waals surface area contributed by atoms with Crippen LogP contribution in [0.2, 0.25) is 0 Å². The minimum atomic E-state index is -0.890. The van der Waals surface area contributed by atoms with Crippen LogP contribution in [0.25, 0.3) is 0 Å². The van der Waals surface area contributed by atoms with Crippen molar-refractivity contribution in [2.75, 3.05) is 19.6 Å². The molecule has 1 aliphatic heterocycles. The summed E-state index contributed by atoms with van der Waals surface area (Å²) in [4.78, 5) is 21.8. The zero-order valence-electron chi connectivity index (χ0n) is 8.80. The summed E-state index contributed by atoms with van der Waals surface area (Å²) in [6.45, 7) is 1.03. The van der Waals surface area contributed by atoms with Crippen LogP contribution in [0.4, 0.5) is 5.00 Å². The first-order chi connectivity index (χ1) is 8.00. The maximum absolute atomic E-state index is 11.6. The van der Waals surface area contributed by atoms with Crippen LogP contribution in [0, 0.1) is 10.1 Å². The molecule has 7 nitrogen and oxygen atoms in total. The zero-order chi connectivity index (χ0) is 12.5. The van der Waals surface area contributed by atoms with Crippen LogP contribution < -0.4 is 10.6 Å². The predicted octanol–water partition coefficient (Wildman–Crippen LogP) is -0.280. The number of hydrogen-bond donors (Lipinski definition) is 3. The Kier molecular flexibility index (Phi) is 3.09.